The van der Waals surface area contributed by atoms with Crippen molar-refractivity contribution < 1.29 is 0 Å². The summed E-state index contributed by atoms with van der Waals surface area (Å²) in [6.45, 7) is 13.2. The van der Waals surface area contributed by atoms with Gasteiger partial charge in [0.25, 0.3) is 0 Å². The van der Waals surface area contributed by atoms with E-state index in [2.05, 4.69) is 46.4 Å². The third kappa shape index (κ3) is 4.17. The molecule has 4 nitrogen and oxygen atoms in total. The second-order valence-corrected chi connectivity index (χ2v) is 5.79. The van der Waals surface area contributed by atoms with Crippen LogP contribution in [0.15, 0.2) is 41.4 Å². The lowest BCUT2D eigenvalue weighted by atomic mass is 10.0. The molecule has 1 saturated heterocycles. The maximum Gasteiger partial charge on any atom is 0.0922 e. The SMILES string of the molecule is C=C(C)N=C(C=C(C)C)C1CCN(Cc2cnc[nH]2)C1. The van der Waals surface area contributed by atoms with E-state index in [-0.39, 0.29) is 0 Å². The number of likely N-dealkylation sites (tertiary alicyclic amines) is 1. The number of imidazole rings is 1. The highest BCUT2D eigenvalue weighted by Crippen LogP contribution is 2.21. The van der Waals surface area contributed by atoms with Gasteiger partial charge in [0.2, 0.25) is 0 Å². The topological polar surface area (TPSA) is 44.3 Å². The molecule has 1 aromatic heterocycles. The first-order valence-electron chi connectivity index (χ1n) is 7.13. The van der Waals surface area contributed by atoms with Gasteiger partial charge in [-0.25, -0.2) is 4.98 Å². The van der Waals surface area contributed by atoms with Crippen LogP contribution >= 0.6 is 0 Å². The molecule has 0 spiro atoms. The van der Waals surface area contributed by atoms with Gasteiger partial charge in [-0.3, -0.25) is 9.89 Å². The Kier molecular flexibility index (Phi) is 4.90. The lowest BCUT2D eigenvalue weighted by Gasteiger charge is -2.15. The molecule has 1 N–H and O–H groups in total. The molecule has 2 heterocycles. The van der Waals surface area contributed by atoms with Gasteiger partial charge < -0.3 is 4.98 Å². The van der Waals surface area contributed by atoms with Crippen LogP contribution in [0.5, 0.6) is 0 Å². The molecule has 1 aliphatic rings. The van der Waals surface area contributed by atoms with Gasteiger partial charge >= 0.3 is 0 Å². The summed E-state index contributed by atoms with van der Waals surface area (Å²) >= 11 is 0. The summed E-state index contributed by atoms with van der Waals surface area (Å²) in [5.74, 6) is 0.504. The molecule has 108 valence electrons. The number of aliphatic imine (C=N–C) groups is 1. The van der Waals surface area contributed by atoms with E-state index in [1.165, 1.54) is 17.0 Å². The molecule has 20 heavy (non-hydrogen) atoms. The van der Waals surface area contributed by atoms with Crippen molar-refractivity contribution in [3.63, 3.8) is 0 Å². The van der Waals surface area contributed by atoms with Crippen molar-refractivity contribution in [2.24, 2.45) is 10.9 Å². The number of hydrogen-bond donors (Lipinski definition) is 1. The zero-order valence-corrected chi connectivity index (χ0v) is 12.7. The maximum absolute atomic E-state index is 4.63. The fourth-order valence-corrected chi connectivity index (χ4v) is 2.59. The summed E-state index contributed by atoms with van der Waals surface area (Å²) < 4.78 is 0. The molecule has 1 atom stereocenters. The van der Waals surface area contributed by atoms with Crippen LogP contribution in [0.3, 0.4) is 0 Å². The fourth-order valence-electron chi connectivity index (χ4n) is 2.59. The first kappa shape index (κ1) is 14.7. The van der Waals surface area contributed by atoms with Crippen LogP contribution in [0, 0.1) is 5.92 Å². The molecule has 4 heteroatoms. The molecule has 0 radical (unpaired) electrons. The number of aromatic amines is 1. The van der Waals surface area contributed by atoms with Crippen LogP contribution in [-0.2, 0) is 6.54 Å². The van der Waals surface area contributed by atoms with E-state index < -0.39 is 0 Å². The molecule has 1 aromatic rings. The van der Waals surface area contributed by atoms with Gasteiger partial charge in [0.1, 0.15) is 0 Å². The average Bonchev–Trinajstić information content (AvgIpc) is 2.99. The van der Waals surface area contributed by atoms with E-state index in [0.29, 0.717) is 5.92 Å². The Hall–Kier alpha value is -1.68. The summed E-state index contributed by atoms with van der Waals surface area (Å²) in [5, 5.41) is 0. The molecule has 0 amide bonds. The molecule has 0 aromatic carbocycles. The van der Waals surface area contributed by atoms with Gasteiger partial charge in [-0.05, 0) is 39.8 Å². The Morgan fingerprint density at radius 2 is 2.35 bits per heavy atom. The van der Waals surface area contributed by atoms with Gasteiger partial charge in [0.15, 0.2) is 0 Å². The highest BCUT2D eigenvalue weighted by atomic mass is 15.2. The number of nitrogens with zero attached hydrogens (tertiary/aromatic N) is 3. The molecule has 1 unspecified atom stereocenters. The van der Waals surface area contributed by atoms with Gasteiger partial charge in [-0.2, -0.15) is 0 Å². The van der Waals surface area contributed by atoms with Crippen LogP contribution in [0.1, 0.15) is 32.9 Å². The zero-order chi connectivity index (χ0) is 14.5. The minimum atomic E-state index is 0.504. The number of H-pyrrole nitrogens is 1. The molecule has 1 fully saturated rings. The fraction of sp³-hybridized carbons (Fsp3) is 0.500. The van der Waals surface area contributed by atoms with Crippen LogP contribution in [0.4, 0.5) is 0 Å². The number of hydrogen-bond acceptors (Lipinski definition) is 3. The van der Waals surface area contributed by atoms with Crippen molar-refractivity contribution in [2.75, 3.05) is 13.1 Å². The predicted octanol–water partition coefficient (Wildman–Crippen LogP) is 3.17. The van der Waals surface area contributed by atoms with Gasteiger partial charge in [0, 0.05) is 42.3 Å². The number of aromatic nitrogens is 2. The molecule has 2 rings (SSSR count). The number of nitrogens with one attached hydrogen (secondary N) is 1. The lowest BCUT2D eigenvalue weighted by molar-refractivity contribution is 0.323. The van der Waals surface area contributed by atoms with Crippen molar-refractivity contribution in [2.45, 2.75) is 33.7 Å². The monoisotopic (exact) mass is 272 g/mol. The van der Waals surface area contributed by atoms with Crippen LogP contribution < -0.4 is 0 Å². The first-order valence-corrected chi connectivity index (χ1v) is 7.13. The van der Waals surface area contributed by atoms with Crippen molar-refractivity contribution in [1.82, 2.24) is 14.9 Å². The van der Waals surface area contributed by atoms with Gasteiger partial charge in [0.05, 0.1) is 6.33 Å². The third-order valence-electron chi connectivity index (χ3n) is 3.40. The molecular weight excluding hydrogens is 248 g/mol. The quantitative estimate of drug-likeness (QED) is 0.837. The Bertz CT molecular complexity index is 507. The first-order chi connectivity index (χ1) is 9.54. The molecule has 0 saturated carbocycles. The Morgan fingerprint density at radius 3 is 2.95 bits per heavy atom. The van der Waals surface area contributed by atoms with E-state index in [1.54, 1.807) is 6.33 Å². The zero-order valence-electron chi connectivity index (χ0n) is 12.7. The van der Waals surface area contributed by atoms with E-state index in [4.69, 9.17) is 0 Å². The summed E-state index contributed by atoms with van der Waals surface area (Å²) in [4.78, 5) is 14.3. The van der Waals surface area contributed by atoms with Crippen molar-refractivity contribution in [3.8, 4) is 0 Å². The minimum absolute atomic E-state index is 0.504. The maximum atomic E-state index is 4.63. The number of rotatable bonds is 5. The Labute approximate surface area is 121 Å². The molecular formula is C16H24N4. The van der Waals surface area contributed by atoms with E-state index in [1.807, 2.05) is 13.1 Å². The Morgan fingerprint density at radius 1 is 1.55 bits per heavy atom. The highest BCUT2D eigenvalue weighted by molar-refractivity contribution is 5.98. The highest BCUT2D eigenvalue weighted by Gasteiger charge is 2.25. The third-order valence-corrected chi connectivity index (χ3v) is 3.40. The molecule has 0 bridgehead atoms. The standard InChI is InChI=1S/C16H24N4/c1-12(2)7-16(19-13(3)4)14-5-6-20(9-14)10-15-8-17-11-18-15/h7-8,11,14H,3,5-6,9-10H2,1-2,4H3,(H,17,18). The van der Waals surface area contributed by atoms with E-state index in [0.717, 1.165) is 31.8 Å². The van der Waals surface area contributed by atoms with Crippen molar-refractivity contribution in [1.29, 1.82) is 0 Å². The smallest absolute Gasteiger partial charge is 0.0922 e. The summed E-state index contributed by atoms with van der Waals surface area (Å²) in [6, 6.07) is 0. The lowest BCUT2D eigenvalue weighted by Crippen LogP contribution is -2.22. The average molecular weight is 272 g/mol. The molecule has 1 aliphatic heterocycles. The minimum Gasteiger partial charge on any atom is -0.347 e. The largest absolute Gasteiger partial charge is 0.347 e. The second kappa shape index (κ2) is 6.66. The normalized spacial score (nSPS) is 20.1. The van der Waals surface area contributed by atoms with Crippen LogP contribution in [0.25, 0.3) is 0 Å². The van der Waals surface area contributed by atoms with E-state index in [9.17, 15) is 0 Å². The van der Waals surface area contributed by atoms with Crippen molar-refractivity contribution >= 4 is 5.71 Å². The van der Waals surface area contributed by atoms with Gasteiger partial charge in [-0.1, -0.05) is 12.2 Å². The van der Waals surface area contributed by atoms with Crippen molar-refractivity contribution in [3.05, 3.63) is 42.1 Å². The summed E-state index contributed by atoms with van der Waals surface area (Å²) in [7, 11) is 0. The van der Waals surface area contributed by atoms with E-state index >= 15 is 0 Å². The Balaban J connectivity index is 2.02. The predicted molar refractivity (Wildman–Crippen MR) is 83.7 cm³/mol. The van der Waals surface area contributed by atoms with Gasteiger partial charge in [-0.15, -0.1) is 0 Å². The second-order valence-electron chi connectivity index (χ2n) is 5.79. The molecule has 0 aliphatic carbocycles. The van der Waals surface area contributed by atoms with Crippen LogP contribution in [-0.4, -0.2) is 33.7 Å². The summed E-state index contributed by atoms with van der Waals surface area (Å²) in [5.41, 5.74) is 4.51. The van der Waals surface area contributed by atoms with Crippen LogP contribution in [0.2, 0.25) is 0 Å². The number of allylic oxidation sites excluding steroid dienone is 3. The summed E-state index contributed by atoms with van der Waals surface area (Å²) in [6.07, 6.45) is 6.98.